The number of benzene rings is 2. The van der Waals surface area contributed by atoms with E-state index in [1.165, 1.54) is 0 Å². The lowest BCUT2D eigenvalue weighted by Crippen LogP contribution is -2.46. The van der Waals surface area contributed by atoms with Crippen LogP contribution in [0.4, 0.5) is 0 Å². The van der Waals surface area contributed by atoms with Gasteiger partial charge in [-0.15, -0.1) is 0 Å². The summed E-state index contributed by atoms with van der Waals surface area (Å²) in [6.07, 6.45) is 1.67. The highest BCUT2D eigenvalue weighted by atomic mass is 16.6. The molecule has 0 spiro atoms. The number of ether oxygens (including phenoxy) is 2. The third-order valence-electron chi connectivity index (χ3n) is 5.17. The maximum Gasteiger partial charge on any atom is 0.308 e. The van der Waals surface area contributed by atoms with Gasteiger partial charge in [0.25, 0.3) is 5.91 Å². The van der Waals surface area contributed by atoms with Crippen molar-refractivity contribution in [3.05, 3.63) is 65.2 Å². The van der Waals surface area contributed by atoms with Crippen LogP contribution in [-0.4, -0.2) is 35.0 Å². The third kappa shape index (κ3) is 5.62. The van der Waals surface area contributed by atoms with E-state index in [0.29, 0.717) is 25.1 Å². The smallest absolute Gasteiger partial charge is 0.308 e. The second kappa shape index (κ2) is 9.33. The Kier molecular flexibility index (Phi) is 6.80. The summed E-state index contributed by atoms with van der Waals surface area (Å²) in [5, 5.41) is 0. The van der Waals surface area contributed by atoms with E-state index >= 15 is 0 Å². The Labute approximate surface area is 179 Å². The normalized spacial score (nSPS) is 14.8. The van der Waals surface area contributed by atoms with Crippen LogP contribution in [0.3, 0.4) is 0 Å². The summed E-state index contributed by atoms with van der Waals surface area (Å²) in [5.41, 5.74) is 2.26. The van der Waals surface area contributed by atoms with Gasteiger partial charge in [0.05, 0.1) is 6.42 Å². The molecule has 30 heavy (non-hydrogen) atoms. The number of esters is 1. The van der Waals surface area contributed by atoms with Gasteiger partial charge >= 0.3 is 5.97 Å². The van der Waals surface area contributed by atoms with Gasteiger partial charge in [0.2, 0.25) is 0 Å². The summed E-state index contributed by atoms with van der Waals surface area (Å²) in [5.74, 6) is 0.471. The fourth-order valence-corrected chi connectivity index (χ4v) is 3.71. The molecular weight excluding hydrogens is 378 g/mol. The molecule has 1 aliphatic rings. The Morgan fingerprint density at radius 2 is 1.87 bits per heavy atom. The van der Waals surface area contributed by atoms with Gasteiger partial charge in [0.1, 0.15) is 18.0 Å². The lowest BCUT2D eigenvalue weighted by Gasteiger charge is -2.35. The highest BCUT2D eigenvalue weighted by Gasteiger charge is 2.31. The zero-order valence-corrected chi connectivity index (χ0v) is 18.3. The number of fused-ring (bicyclic) bond motifs is 1. The summed E-state index contributed by atoms with van der Waals surface area (Å²) >= 11 is 0. The number of nitrogens with zero attached hydrogens (tertiary/aromatic N) is 1. The van der Waals surface area contributed by atoms with Gasteiger partial charge in [0, 0.05) is 18.2 Å². The van der Waals surface area contributed by atoms with Crippen molar-refractivity contribution >= 4 is 11.9 Å². The van der Waals surface area contributed by atoms with E-state index in [0.717, 1.165) is 23.3 Å². The third-order valence-corrected chi connectivity index (χ3v) is 5.17. The van der Waals surface area contributed by atoms with Crippen LogP contribution in [0, 0.1) is 0 Å². The molecule has 0 aromatic heterocycles. The van der Waals surface area contributed by atoms with Crippen molar-refractivity contribution < 1.29 is 19.1 Å². The van der Waals surface area contributed by atoms with Crippen molar-refractivity contribution in [1.82, 2.24) is 4.90 Å². The largest absolute Gasteiger partial charge is 0.489 e. The minimum Gasteiger partial charge on any atom is -0.489 e. The van der Waals surface area contributed by atoms with Crippen molar-refractivity contribution in [2.45, 2.75) is 65.2 Å². The predicted molar refractivity (Wildman–Crippen MR) is 116 cm³/mol. The van der Waals surface area contributed by atoms with Crippen LogP contribution >= 0.6 is 0 Å². The predicted octanol–water partition coefficient (Wildman–Crippen LogP) is 4.77. The minimum atomic E-state index is -0.524. The molecule has 1 atom stereocenters. The summed E-state index contributed by atoms with van der Waals surface area (Å²) in [7, 11) is 0. The number of rotatable bonds is 7. The fourth-order valence-electron chi connectivity index (χ4n) is 3.71. The molecule has 0 bridgehead atoms. The highest BCUT2D eigenvalue weighted by molar-refractivity contribution is 5.97. The Balaban J connectivity index is 1.66. The molecule has 3 rings (SSSR count). The molecule has 5 nitrogen and oxygen atoms in total. The lowest BCUT2D eigenvalue weighted by molar-refractivity contribution is -0.156. The highest BCUT2D eigenvalue weighted by Crippen LogP contribution is 2.27. The molecule has 5 heteroatoms. The standard InChI is InChI=1S/C25H31NO4/c1-5-20(16-23(27)30-25(2,3)4)26-14-13-19-15-21(11-12-22(19)24(26)28)29-17-18-9-7-6-8-10-18/h6-12,15,20H,5,13-14,16-17H2,1-4H3. The molecular formula is C25H31NO4. The molecule has 1 unspecified atom stereocenters. The van der Waals surface area contributed by atoms with E-state index in [9.17, 15) is 9.59 Å². The molecule has 0 saturated heterocycles. The number of hydrogen-bond donors (Lipinski definition) is 0. The van der Waals surface area contributed by atoms with Crippen molar-refractivity contribution in [3.8, 4) is 5.75 Å². The zero-order valence-electron chi connectivity index (χ0n) is 18.3. The quantitative estimate of drug-likeness (QED) is 0.618. The van der Waals surface area contributed by atoms with Crippen LogP contribution in [0.1, 0.15) is 62.0 Å². The van der Waals surface area contributed by atoms with Crippen LogP contribution in [0.2, 0.25) is 0 Å². The molecule has 2 aromatic rings. The maximum atomic E-state index is 13.1. The topological polar surface area (TPSA) is 55.8 Å². The van der Waals surface area contributed by atoms with Crippen molar-refractivity contribution in [2.75, 3.05) is 6.54 Å². The molecule has 0 radical (unpaired) electrons. The van der Waals surface area contributed by atoms with Gasteiger partial charge in [-0.1, -0.05) is 37.3 Å². The van der Waals surface area contributed by atoms with Gasteiger partial charge in [-0.25, -0.2) is 0 Å². The second-order valence-corrected chi connectivity index (χ2v) is 8.69. The minimum absolute atomic E-state index is 0.0266. The first kappa shape index (κ1) is 21.9. The maximum absolute atomic E-state index is 13.1. The second-order valence-electron chi connectivity index (χ2n) is 8.69. The van der Waals surface area contributed by atoms with Crippen LogP contribution in [0.25, 0.3) is 0 Å². The Morgan fingerprint density at radius 3 is 2.53 bits per heavy atom. The average molecular weight is 410 g/mol. The molecule has 1 aliphatic heterocycles. The van der Waals surface area contributed by atoms with Crippen LogP contribution in [0.15, 0.2) is 48.5 Å². The van der Waals surface area contributed by atoms with Crippen LogP contribution < -0.4 is 4.74 Å². The monoisotopic (exact) mass is 409 g/mol. The molecule has 0 N–H and O–H groups in total. The summed E-state index contributed by atoms with van der Waals surface area (Å²) < 4.78 is 11.4. The van der Waals surface area contributed by atoms with E-state index < -0.39 is 5.60 Å². The molecule has 160 valence electrons. The van der Waals surface area contributed by atoms with E-state index in [-0.39, 0.29) is 24.3 Å². The Hall–Kier alpha value is -2.82. The van der Waals surface area contributed by atoms with Crippen molar-refractivity contribution in [1.29, 1.82) is 0 Å². The van der Waals surface area contributed by atoms with E-state index in [4.69, 9.17) is 9.47 Å². The van der Waals surface area contributed by atoms with Crippen molar-refractivity contribution in [2.24, 2.45) is 0 Å². The summed E-state index contributed by atoms with van der Waals surface area (Å²) in [4.78, 5) is 27.2. The first-order valence-electron chi connectivity index (χ1n) is 10.6. The number of carbonyl (C=O) groups is 2. The molecule has 2 aromatic carbocycles. The Bertz CT molecular complexity index is 886. The fraction of sp³-hybridized carbons (Fsp3) is 0.440. The Morgan fingerprint density at radius 1 is 1.13 bits per heavy atom. The van der Waals surface area contributed by atoms with E-state index in [2.05, 4.69) is 0 Å². The first-order chi connectivity index (χ1) is 14.3. The van der Waals surface area contributed by atoms with Crippen LogP contribution in [0.5, 0.6) is 5.75 Å². The van der Waals surface area contributed by atoms with Crippen LogP contribution in [-0.2, 0) is 22.6 Å². The van der Waals surface area contributed by atoms with E-state index in [1.807, 2.05) is 81.1 Å². The van der Waals surface area contributed by atoms with Gasteiger partial charge in [0.15, 0.2) is 0 Å². The molecule has 0 fully saturated rings. The summed E-state index contributed by atoms with van der Waals surface area (Å²) in [6, 6.07) is 15.5. The number of hydrogen-bond acceptors (Lipinski definition) is 4. The van der Waals surface area contributed by atoms with Gasteiger partial charge < -0.3 is 14.4 Å². The molecule has 1 amide bonds. The molecule has 0 aliphatic carbocycles. The SMILES string of the molecule is CCC(CC(=O)OC(C)(C)C)N1CCc2cc(OCc3ccccc3)ccc2C1=O. The van der Waals surface area contributed by atoms with Crippen molar-refractivity contribution in [3.63, 3.8) is 0 Å². The van der Waals surface area contributed by atoms with Gasteiger partial charge in [-0.3, -0.25) is 9.59 Å². The van der Waals surface area contributed by atoms with Gasteiger partial charge in [-0.2, -0.15) is 0 Å². The summed E-state index contributed by atoms with van der Waals surface area (Å²) in [6.45, 7) is 8.64. The molecule has 0 saturated carbocycles. The molecule has 1 heterocycles. The number of amides is 1. The van der Waals surface area contributed by atoms with E-state index in [1.54, 1.807) is 0 Å². The zero-order chi connectivity index (χ0) is 21.7. The number of carbonyl (C=O) groups excluding carboxylic acids is 2. The first-order valence-corrected chi connectivity index (χ1v) is 10.6. The average Bonchev–Trinajstić information content (AvgIpc) is 2.70. The van der Waals surface area contributed by atoms with Gasteiger partial charge in [-0.05, 0) is 62.9 Å². The lowest BCUT2D eigenvalue weighted by atomic mass is 9.96.